The van der Waals surface area contributed by atoms with Gasteiger partial charge >= 0.3 is 0 Å². The minimum absolute atomic E-state index is 0.0953. The Labute approximate surface area is 112 Å². The third-order valence-electron chi connectivity index (χ3n) is 3.02. The molecule has 1 heterocycles. The van der Waals surface area contributed by atoms with Crippen molar-refractivity contribution in [1.82, 2.24) is 9.88 Å². The smallest absolute Gasteiger partial charge is 0.145 e. The lowest BCUT2D eigenvalue weighted by molar-refractivity contribution is 0.587. The fourth-order valence-electron chi connectivity index (χ4n) is 1.99. The predicted molar refractivity (Wildman–Crippen MR) is 72.0 cm³/mol. The molecule has 0 radical (unpaired) electrons. The van der Waals surface area contributed by atoms with Gasteiger partial charge in [0, 0.05) is 24.0 Å². The maximum atomic E-state index is 14.0. The van der Waals surface area contributed by atoms with Crippen LogP contribution in [0.5, 0.6) is 0 Å². The topological polar surface area (TPSA) is 40.8 Å². The van der Waals surface area contributed by atoms with Crippen LogP contribution in [0.2, 0.25) is 0 Å². The van der Waals surface area contributed by atoms with Gasteiger partial charge in [0.25, 0.3) is 0 Å². The van der Waals surface area contributed by atoms with Crippen molar-refractivity contribution in [3.63, 3.8) is 0 Å². The summed E-state index contributed by atoms with van der Waals surface area (Å²) in [6.45, 7) is 4.13. The predicted octanol–water partition coefficient (Wildman–Crippen LogP) is 2.66. The summed E-state index contributed by atoms with van der Waals surface area (Å²) in [4.78, 5) is 0. The van der Waals surface area contributed by atoms with E-state index in [9.17, 15) is 4.39 Å². The average molecular weight is 257 g/mol. The number of nitriles is 1. The first-order chi connectivity index (χ1) is 9.26. The quantitative estimate of drug-likeness (QED) is 0.894. The molecule has 0 amide bonds. The molecule has 98 valence electrons. The van der Waals surface area contributed by atoms with Gasteiger partial charge in [-0.15, -0.1) is 0 Å². The Bertz CT molecular complexity index is 596. The van der Waals surface area contributed by atoms with Crippen LogP contribution in [0, 0.1) is 17.1 Å². The molecule has 0 bridgehead atoms. The van der Waals surface area contributed by atoms with E-state index in [0.29, 0.717) is 12.1 Å². The van der Waals surface area contributed by atoms with Crippen molar-refractivity contribution in [3.8, 4) is 6.07 Å². The first-order valence-corrected chi connectivity index (χ1v) is 6.28. The molecule has 0 fully saturated rings. The molecule has 2 rings (SSSR count). The largest absolute Gasteiger partial charge is 0.346 e. The second kappa shape index (κ2) is 6.17. The van der Waals surface area contributed by atoms with Crippen molar-refractivity contribution in [3.05, 3.63) is 59.2 Å². The highest BCUT2D eigenvalue weighted by Gasteiger charge is 2.09. The molecule has 1 N–H and O–H groups in total. The van der Waals surface area contributed by atoms with Crippen LogP contribution in [0.25, 0.3) is 0 Å². The zero-order valence-electron chi connectivity index (χ0n) is 10.9. The standard InChI is InChI=1S/C15H16FN3/c1-2-18-10-14-7-4-8-19(14)11-13-6-3-5-12(9-17)15(13)16/h3-8,18H,2,10-11H2,1H3. The van der Waals surface area contributed by atoms with Crippen molar-refractivity contribution in [1.29, 1.82) is 5.26 Å². The summed E-state index contributed by atoms with van der Waals surface area (Å²) in [6, 6.07) is 10.7. The van der Waals surface area contributed by atoms with Gasteiger partial charge in [-0.05, 0) is 24.7 Å². The molecule has 0 aliphatic carbocycles. The lowest BCUT2D eigenvalue weighted by Crippen LogP contribution is -2.15. The fourth-order valence-corrected chi connectivity index (χ4v) is 1.99. The molecule has 4 heteroatoms. The van der Waals surface area contributed by atoms with E-state index < -0.39 is 5.82 Å². The number of aromatic nitrogens is 1. The Morgan fingerprint density at radius 1 is 1.32 bits per heavy atom. The molecule has 0 unspecified atom stereocenters. The monoisotopic (exact) mass is 257 g/mol. The Morgan fingerprint density at radius 3 is 2.89 bits per heavy atom. The molecule has 0 saturated heterocycles. The molecule has 1 aromatic carbocycles. The Balaban J connectivity index is 2.22. The zero-order chi connectivity index (χ0) is 13.7. The van der Waals surface area contributed by atoms with Crippen molar-refractivity contribution in [2.75, 3.05) is 6.54 Å². The minimum atomic E-state index is -0.423. The molecular weight excluding hydrogens is 241 g/mol. The molecule has 3 nitrogen and oxygen atoms in total. The number of rotatable bonds is 5. The van der Waals surface area contributed by atoms with Gasteiger partial charge in [-0.1, -0.05) is 19.1 Å². The molecule has 2 aromatic rings. The molecule has 0 aliphatic heterocycles. The summed E-state index contributed by atoms with van der Waals surface area (Å²) in [5, 5.41) is 12.1. The summed E-state index contributed by atoms with van der Waals surface area (Å²) in [5.41, 5.74) is 1.73. The van der Waals surface area contributed by atoms with Crippen LogP contribution in [-0.4, -0.2) is 11.1 Å². The Hall–Kier alpha value is -2.12. The van der Waals surface area contributed by atoms with Crippen LogP contribution in [0.15, 0.2) is 36.5 Å². The number of hydrogen-bond acceptors (Lipinski definition) is 2. The number of nitrogens with one attached hydrogen (secondary N) is 1. The molecule has 0 spiro atoms. The first-order valence-electron chi connectivity index (χ1n) is 6.28. The van der Waals surface area contributed by atoms with Gasteiger partial charge in [0.2, 0.25) is 0 Å². The van der Waals surface area contributed by atoms with Gasteiger partial charge in [-0.3, -0.25) is 0 Å². The van der Waals surface area contributed by atoms with Crippen molar-refractivity contribution >= 4 is 0 Å². The highest BCUT2D eigenvalue weighted by Crippen LogP contribution is 2.15. The van der Waals surface area contributed by atoms with Gasteiger partial charge in [-0.25, -0.2) is 4.39 Å². The summed E-state index contributed by atoms with van der Waals surface area (Å²) in [6.07, 6.45) is 1.92. The molecule has 0 aliphatic rings. The van der Waals surface area contributed by atoms with E-state index in [4.69, 9.17) is 5.26 Å². The van der Waals surface area contributed by atoms with Crippen LogP contribution in [0.4, 0.5) is 4.39 Å². The van der Waals surface area contributed by atoms with E-state index in [1.807, 2.05) is 35.9 Å². The number of nitrogens with zero attached hydrogens (tertiary/aromatic N) is 2. The lowest BCUT2D eigenvalue weighted by Gasteiger charge is -2.11. The van der Waals surface area contributed by atoms with Crippen LogP contribution >= 0.6 is 0 Å². The van der Waals surface area contributed by atoms with Crippen molar-refractivity contribution in [2.45, 2.75) is 20.0 Å². The second-order valence-electron chi connectivity index (χ2n) is 4.30. The van der Waals surface area contributed by atoms with Crippen LogP contribution < -0.4 is 5.32 Å². The normalized spacial score (nSPS) is 10.4. The number of hydrogen-bond donors (Lipinski definition) is 1. The SMILES string of the molecule is CCNCc1cccn1Cc1cccc(C#N)c1F. The maximum Gasteiger partial charge on any atom is 0.145 e. The van der Waals surface area contributed by atoms with Crippen molar-refractivity contribution in [2.24, 2.45) is 0 Å². The maximum absolute atomic E-state index is 14.0. The summed E-state index contributed by atoms with van der Waals surface area (Å²) < 4.78 is 16.0. The van der Waals surface area contributed by atoms with Crippen LogP contribution in [0.3, 0.4) is 0 Å². The van der Waals surface area contributed by atoms with Crippen LogP contribution in [0.1, 0.15) is 23.7 Å². The van der Waals surface area contributed by atoms with E-state index in [2.05, 4.69) is 5.32 Å². The average Bonchev–Trinajstić information content (AvgIpc) is 2.86. The highest BCUT2D eigenvalue weighted by atomic mass is 19.1. The first kappa shape index (κ1) is 13.3. The number of benzene rings is 1. The Kier molecular flexibility index (Phi) is 4.32. The van der Waals surface area contributed by atoms with E-state index >= 15 is 0 Å². The number of halogens is 1. The minimum Gasteiger partial charge on any atom is -0.346 e. The summed E-state index contributed by atoms with van der Waals surface area (Å²) in [5.74, 6) is -0.423. The van der Waals surface area contributed by atoms with Gasteiger partial charge in [0.05, 0.1) is 12.1 Å². The van der Waals surface area contributed by atoms with E-state index in [1.165, 1.54) is 6.07 Å². The Morgan fingerprint density at radius 2 is 2.16 bits per heavy atom. The van der Waals surface area contributed by atoms with Gasteiger partial charge < -0.3 is 9.88 Å². The lowest BCUT2D eigenvalue weighted by atomic mass is 10.1. The molecule has 1 aromatic heterocycles. The molecular formula is C15H16FN3. The van der Waals surface area contributed by atoms with E-state index in [0.717, 1.165) is 18.8 Å². The molecule has 19 heavy (non-hydrogen) atoms. The fraction of sp³-hybridized carbons (Fsp3) is 0.267. The highest BCUT2D eigenvalue weighted by molar-refractivity contribution is 5.35. The van der Waals surface area contributed by atoms with Crippen LogP contribution in [-0.2, 0) is 13.1 Å². The molecule has 0 saturated carbocycles. The van der Waals surface area contributed by atoms with Gasteiger partial charge in [0.1, 0.15) is 11.9 Å². The van der Waals surface area contributed by atoms with E-state index in [1.54, 1.807) is 12.1 Å². The molecule has 0 atom stereocenters. The summed E-state index contributed by atoms with van der Waals surface area (Å²) in [7, 11) is 0. The van der Waals surface area contributed by atoms with E-state index in [-0.39, 0.29) is 5.56 Å². The third-order valence-corrected chi connectivity index (χ3v) is 3.02. The summed E-state index contributed by atoms with van der Waals surface area (Å²) >= 11 is 0. The van der Waals surface area contributed by atoms with Gasteiger partial charge in [0.15, 0.2) is 0 Å². The third kappa shape index (κ3) is 3.01. The van der Waals surface area contributed by atoms with Gasteiger partial charge in [-0.2, -0.15) is 5.26 Å². The van der Waals surface area contributed by atoms with Crippen molar-refractivity contribution < 1.29 is 4.39 Å². The second-order valence-corrected chi connectivity index (χ2v) is 4.30. The zero-order valence-corrected chi connectivity index (χ0v) is 10.9.